The smallest absolute Gasteiger partial charge is 0.317 e. The molecule has 0 unspecified atom stereocenters. The highest BCUT2D eigenvalue weighted by molar-refractivity contribution is 6.22. The van der Waals surface area contributed by atoms with Gasteiger partial charge in [-0.05, 0) is 25.1 Å². The minimum atomic E-state index is -1.31. The Bertz CT molecular complexity index is 507. The van der Waals surface area contributed by atoms with Gasteiger partial charge in [-0.2, -0.15) is 0 Å². The second-order valence-electron chi connectivity index (χ2n) is 4.82. The molecule has 0 atom stereocenters. The van der Waals surface area contributed by atoms with E-state index < -0.39 is 23.3 Å². The van der Waals surface area contributed by atoms with Crippen molar-refractivity contribution in [2.75, 3.05) is 13.1 Å². The van der Waals surface area contributed by atoms with Crippen molar-refractivity contribution in [3.05, 3.63) is 35.9 Å². The van der Waals surface area contributed by atoms with Crippen LogP contribution in [0, 0.1) is 0 Å². The summed E-state index contributed by atoms with van der Waals surface area (Å²) in [5, 5.41) is 7.39. The number of nitrogens with one attached hydrogen (secondary N) is 3. The third-order valence-electron chi connectivity index (χ3n) is 3.53. The average molecular weight is 305 g/mol. The molecular formula is C16H23N3O3. The quantitative estimate of drug-likeness (QED) is 0.732. The Morgan fingerprint density at radius 2 is 1.41 bits per heavy atom. The van der Waals surface area contributed by atoms with Crippen LogP contribution in [-0.2, 0) is 15.0 Å². The van der Waals surface area contributed by atoms with E-state index in [4.69, 9.17) is 0 Å². The number of hydrogen-bond donors (Lipinski definition) is 3. The van der Waals surface area contributed by atoms with Crippen molar-refractivity contribution in [3.63, 3.8) is 0 Å². The summed E-state index contributed by atoms with van der Waals surface area (Å²) in [6, 6.07) is 7.96. The summed E-state index contributed by atoms with van der Waals surface area (Å²) in [7, 11) is 0. The van der Waals surface area contributed by atoms with E-state index in [2.05, 4.69) is 29.8 Å². The molecule has 2 rings (SSSR count). The molecule has 22 heavy (non-hydrogen) atoms. The highest BCUT2D eigenvalue weighted by atomic mass is 16.2. The molecule has 1 saturated heterocycles. The van der Waals surface area contributed by atoms with E-state index in [0.29, 0.717) is 12.0 Å². The normalized spacial score (nSPS) is 16.2. The maximum atomic E-state index is 12.0. The predicted molar refractivity (Wildman–Crippen MR) is 84.3 cm³/mol. The summed E-state index contributed by atoms with van der Waals surface area (Å²) in [6.45, 7) is 8.13. The minimum Gasteiger partial charge on any atom is -0.317 e. The fraction of sp³-hybridized carbons (Fsp3) is 0.438. The Morgan fingerprint density at radius 1 is 0.909 bits per heavy atom. The van der Waals surface area contributed by atoms with E-state index in [0.717, 1.165) is 13.1 Å². The van der Waals surface area contributed by atoms with Crippen molar-refractivity contribution in [2.24, 2.45) is 0 Å². The van der Waals surface area contributed by atoms with E-state index in [9.17, 15) is 14.4 Å². The Hall–Kier alpha value is -2.21. The van der Waals surface area contributed by atoms with Crippen LogP contribution in [0.1, 0.15) is 32.8 Å². The van der Waals surface area contributed by atoms with E-state index in [-0.39, 0.29) is 0 Å². The molecule has 0 aliphatic carbocycles. The van der Waals surface area contributed by atoms with Crippen LogP contribution in [0.4, 0.5) is 4.79 Å². The fourth-order valence-electron chi connectivity index (χ4n) is 2.31. The number of carbonyl (C=O) groups is 3. The average Bonchev–Trinajstić information content (AvgIpc) is 2.50. The third-order valence-corrected chi connectivity index (χ3v) is 3.53. The molecule has 0 radical (unpaired) electrons. The van der Waals surface area contributed by atoms with Crippen molar-refractivity contribution in [3.8, 4) is 0 Å². The van der Waals surface area contributed by atoms with Crippen molar-refractivity contribution in [2.45, 2.75) is 32.6 Å². The Balaban J connectivity index is 0.000000422. The van der Waals surface area contributed by atoms with Gasteiger partial charge in [0, 0.05) is 0 Å². The summed E-state index contributed by atoms with van der Waals surface area (Å²) in [5.74, 6) is -1.14. The van der Waals surface area contributed by atoms with Crippen LogP contribution in [-0.4, -0.2) is 30.9 Å². The molecule has 0 saturated carbocycles. The molecule has 0 spiro atoms. The van der Waals surface area contributed by atoms with Crippen LogP contribution in [0.25, 0.3) is 0 Å². The van der Waals surface area contributed by atoms with Crippen LogP contribution < -0.4 is 16.0 Å². The molecule has 1 aliphatic rings. The van der Waals surface area contributed by atoms with E-state index in [1.807, 2.05) is 0 Å². The van der Waals surface area contributed by atoms with Gasteiger partial charge in [0.1, 0.15) is 0 Å². The number of hydrogen-bond acceptors (Lipinski definition) is 4. The Labute approximate surface area is 130 Å². The van der Waals surface area contributed by atoms with Gasteiger partial charge in [-0.15, -0.1) is 0 Å². The lowest BCUT2D eigenvalue weighted by molar-refractivity contribution is -0.138. The Morgan fingerprint density at radius 3 is 1.77 bits per heavy atom. The molecule has 6 heteroatoms. The largest absolute Gasteiger partial charge is 0.328 e. The predicted octanol–water partition coefficient (Wildman–Crippen LogP) is 1.32. The zero-order valence-electron chi connectivity index (χ0n) is 13.2. The van der Waals surface area contributed by atoms with Crippen LogP contribution >= 0.6 is 0 Å². The monoisotopic (exact) mass is 305 g/mol. The first kappa shape index (κ1) is 17.8. The molecule has 6 nitrogen and oxygen atoms in total. The summed E-state index contributed by atoms with van der Waals surface area (Å²) >= 11 is 0. The lowest BCUT2D eigenvalue weighted by Crippen LogP contribution is -2.64. The molecule has 1 aliphatic heterocycles. The lowest BCUT2D eigenvalue weighted by atomic mass is 9.75. The molecule has 120 valence electrons. The highest BCUT2D eigenvalue weighted by Crippen LogP contribution is 2.30. The summed E-state index contributed by atoms with van der Waals surface area (Å²) in [4.78, 5) is 35.0. The van der Waals surface area contributed by atoms with Crippen LogP contribution in [0.5, 0.6) is 0 Å². The zero-order chi connectivity index (χ0) is 16.6. The van der Waals surface area contributed by atoms with Gasteiger partial charge in [-0.3, -0.25) is 20.2 Å². The van der Waals surface area contributed by atoms with Gasteiger partial charge in [0.2, 0.25) is 11.8 Å². The SMILES string of the molecule is CCC1(c2ccccc2)C(=O)NC(=O)NC1=O.CCNCC. The van der Waals surface area contributed by atoms with Gasteiger partial charge in [-0.1, -0.05) is 51.1 Å². The maximum absolute atomic E-state index is 12.0. The maximum Gasteiger partial charge on any atom is 0.328 e. The number of benzene rings is 1. The van der Waals surface area contributed by atoms with E-state index in [1.165, 1.54) is 0 Å². The Kier molecular flexibility index (Phi) is 6.72. The van der Waals surface area contributed by atoms with Gasteiger partial charge in [0.05, 0.1) is 0 Å². The first-order chi connectivity index (χ1) is 10.5. The number of urea groups is 1. The first-order valence-corrected chi connectivity index (χ1v) is 7.46. The highest BCUT2D eigenvalue weighted by Gasteiger charge is 2.50. The molecule has 1 fully saturated rings. The number of barbiturate groups is 1. The summed E-state index contributed by atoms with van der Waals surface area (Å²) in [5.41, 5.74) is -0.722. The first-order valence-electron chi connectivity index (χ1n) is 7.46. The van der Waals surface area contributed by atoms with Crippen LogP contribution in [0.15, 0.2) is 30.3 Å². The fourth-order valence-corrected chi connectivity index (χ4v) is 2.31. The number of imide groups is 2. The van der Waals surface area contributed by atoms with E-state index >= 15 is 0 Å². The van der Waals surface area contributed by atoms with Gasteiger partial charge >= 0.3 is 6.03 Å². The zero-order valence-corrected chi connectivity index (χ0v) is 13.2. The molecular weight excluding hydrogens is 282 g/mol. The molecule has 1 aromatic carbocycles. The summed E-state index contributed by atoms with van der Waals surface area (Å²) in [6.07, 6.45) is 0.294. The van der Waals surface area contributed by atoms with Gasteiger partial charge < -0.3 is 5.32 Å². The number of carbonyl (C=O) groups excluding carboxylic acids is 3. The second-order valence-corrected chi connectivity index (χ2v) is 4.82. The van der Waals surface area contributed by atoms with Gasteiger partial charge in [0.25, 0.3) is 0 Å². The van der Waals surface area contributed by atoms with Crippen LogP contribution in [0.3, 0.4) is 0 Å². The van der Waals surface area contributed by atoms with Crippen molar-refractivity contribution >= 4 is 17.8 Å². The standard InChI is InChI=1S/C12H12N2O3.C4H11N/c1-2-12(8-6-4-3-5-7-8)9(15)13-11(17)14-10(12)16;1-3-5-4-2/h3-7H,2H2,1H3,(H2,13,14,15,16,17);5H,3-4H2,1-2H3. The molecule has 0 aromatic heterocycles. The molecule has 0 bridgehead atoms. The molecule has 1 aromatic rings. The van der Waals surface area contributed by atoms with Gasteiger partial charge in [-0.25, -0.2) is 4.79 Å². The van der Waals surface area contributed by atoms with Gasteiger partial charge in [0.15, 0.2) is 5.41 Å². The molecule has 3 N–H and O–H groups in total. The number of amides is 4. The van der Waals surface area contributed by atoms with Crippen molar-refractivity contribution in [1.29, 1.82) is 0 Å². The summed E-state index contributed by atoms with van der Waals surface area (Å²) < 4.78 is 0. The third kappa shape index (κ3) is 3.71. The second kappa shape index (κ2) is 8.29. The minimum absolute atomic E-state index is 0.294. The molecule has 1 heterocycles. The van der Waals surface area contributed by atoms with Crippen molar-refractivity contribution < 1.29 is 14.4 Å². The number of rotatable bonds is 4. The van der Waals surface area contributed by atoms with Crippen LogP contribution in [0.2, 0.25) is 0 Å². The van der Waals surface area contributed by atoms with E-state index in [1.54, 1.807) is 37.3 Å². The topological polar surface area (TPSA) is 87.3 Å². The lowest BCUT2D eigenvalue weighted by Gasteiger charge is -2.33. The van der Waals surface area contributed by atoms with Crippen molar-refractivity contribution in [1.82, 2.24) is 16.0 Å². The molecule has 4 amide bonds.